The van der Waals surface area contributed by atoms with E-state index in [1.54, 1.807) is 0 Å². The molecule has 0 amide bonds. The second-order valence-corrected chi connectivity index (χ2v) is 19.2. The van der Waals surface area contributed by atoms with E-state index in [0.717, 1.165) is 79.1 Å². The third kappa shape index (κ3) is 15.4. The quantitative estimate of drug-likeness (QED) is 0.141. The summed E-state index contributed by atoms with van der Waals surface area (Å²) in [5.74, 6) is -0.873. The van der Waals surface area contributed by atoms with Crippen LogP contribution in [0.3, 0.4) is 0 Å². The van der Waals surface area contributed by atoms with E-state index in [9.17, 15) is 10.2 Å². The Labute approximate surface area is 460 Å². The second kappa shape index (κ2) is 26.4. The topological polar surface area (TPSA) is 121 Å². The van der Waals surface area contributed by atoms with Crippen molar-refractivity contribution in [3.63, 3.8) is 0 Å². The van der Waals surface area contributed by atoms with Gasteiger partial charge in [-0.1, -0.05) is 119 Å². The molecule has 0 saturated heterocycles. The predicted molar refractivity (Wildman–Crippen MR) is 301 cm³/mol. The van der Waals surface area contributed by atoms with E-state index < -0.39 is 11.5 Å². The average Bonchev–Trinajstić information content (AvgIpc) is 3.31. The fourth-order valence-electron chi connectivity index (χ4n) is 9.17. The molecule has 0 atom stereocenters. The van der Waals surface area contributed by atoms with E-state index in [4.69, 9.17) is 29.9 Å². The van der Waals surface area contributed by atoms with Crippen LogP contribution >= 0.6 is 0 Å². The maximum atomic E-state index is 10.9. The van der Waals surface area contributed by atoms with Crippen LogP contribution in [0.4, 0.5) is 22.7 Å². The molecule has 2 heterocycles. The molecule has 0 spiro atoms. The molecule has 8 aromatic rings. The maximum absolute atomic E-state index is 10.9. The van der Waals surface area contributed by atoms with Gasteiger partial charge >= 0.3 is 0 Å². The first-order chi connectivity index (χ1) is 34.1. The zero-order valence-corrected chi connectivity index (χ0v) is 47.8. The van der Waals surface area contributed by atoms with E-state index in [-0.39, 0.29) is 33.6 Å². The Morgan fingerprint density at radius 1 is 0.311 bits per heavy atom. The summed E-state index contributed by atoms with van der Waals surface area (Å²) in [6, 6.07) is 39.5. The molecule has 8 rings (SSSR count). The van der Waals surface area contributed by atoms with Crippen molar-refractivity contribution in [2.24, 2.45) is 20.0 Å². The first kappa shape index (κ1) is 59.7. The molecule has 0 N–H and O–H groups in total. The molecule has 0 unspecified atom stereocenters. The molecule has 2 aromatic heterocycles. The van der Waals surface area contributed by atoms with Gasteiger partial charge in [0.1, 0.15) is 0 Å². The fourth-order valence-corrected chi connectivity index (χ4v) is 9.17. The van der Waals surface area contributed by atoms with Gasteiger partial charge in [0.05, 0.1) is 68.4 Å². The number of benzene rings is 6. The summed E-state index contributed by atoms with van der Waals surface area (Å²) in [5, 5.41) is 23.5. The standard InChI is InChI=1S/2C27H31N3.C10H8O2.2Co/c2*1-16-12-18(3)26(19(4)13-16)28-22(7)24-10-9-11-25(30-24)23(8)29-27-20(5)14-17(2)15-21(27)6;11-9-5-7-3-1-2-4-8(7)6-10(9)12;;/h2*9-15H,1-8H3;1-6,11-12H;;/p-2. The number of aryl methyl sites for hydroxylation is 12. The van der Waals surface area contributed by atoms with Crippen LogP contribution in [-0.2, 0) is 33.6 Å². The van der Waals surface area contributed by atoms with Gasteiger partial charge in [0.2, 0.25) is 0 Å². The van der Waals surface area contributed by atoms with E-state index in [1.807, 2.05) is 88.4 Å². The normalized spacial score (nSPS) is 11.7. The monoisotopic (exact) mass is 1070 g/mol. The molecule has 8 nitrogen and oxygen atoms in total. The molecular weight excluding hydrogens is 1000 g/mol. The summed E-state index contributed by atoms with van der Waals surface area (Å²) in [6.07, 6.45) is 0. The minimum Gasteiger partial charge on any atom is -0.873 e. The molecular formula is C64H68Co2N6O2-2. The van der Waals surface area contributed by atoms with Crippen LogP contribution in [0.1, 0.15) is 117 Å². The largest absolute Gasteiger partial charge is 0.873 e. The summed E-state index contributed by atoms with van der Waals surface area (Å²) in [5.41, 5.74) is 25.8. The first-order valence-electron chi connectivity index (χ1n) is 24.4. The van der Waals surface area contributed by atoms with Gasteiger partial charge in [0, 0.05) is 33.6 Å². The van der Waals surface area contributed by atoms with Crippen molar-refractivity contribution < 1.29 is 43.8 Å². The zero-order chi connectivity index (χ0) is 52.6. The Kier molecular flexibility index (Phi) is 21.3. The van der Waals surface area contributed by atoms with Crippen molar-refractivity contribution in [1.82, 2.24) is 9.97 Å². The van der Waals surface area contributed by atoms with Gasteiger partial charge in [-0.05, 0) is 190 Å². The van der Waals surface area contributed by atoms with Crippen molar-refractivity contribution in [2.75, 3.05) is 0 Å². The summed E-state index contributed by atoms with van der Waals surface area (Å²) in [7, 11) is 0. The van der Waals surface area contributed by atoms with Gasteiger partial charge in [0.15, 0.2) is 0 Å². The molecule has 6 aromatic carbocycles. The second-order valence-electron chi connectivity index (χ2n) is 19.2. The Bertz CT molecular complexity index is 2960. The molecule has 0 aliphatic heterocycles. The van der Waals surface area contributed by atoms with Crippen molar-refractivity contribution >= 4 is 56.4 Å². The molecule has 0 saturated carbocycles. The Morgan fingerprint density at radius 3 is 0.716 bits per heavy atom. The van der Waals surface area contributed by atoms with E-state index in [2.05, 4.69) is 132 Å². The van der Waals surface area contributed by atoms with E-state index in [0.29, 0.717) is 0 Å². The van der Waals surface area contributed by atoms with Gasteiger partial charge in [-0.2, -0.15) is 0 Å². The molecule has 0 aliphatic rings. The maximum Gasteiger partial charge on any atom is 0.0849 e. The molecule has 0 fully saturated rings. The Morgan fingerprint density at radius 2 is 0.514 bits per heavy atom. The van der Waals surface area contributed by atoms with Crippen LogP contribution in [0.25, 0.3) is 10.8 Å². The fraction of sp³-hybridized carbons (Fsp3) is 0.250. The van der Waals surface area contributed by atoms with Gasteiger partial charge in [-0.25, -0.2) is 9.97 Å². The number of pyridine rings is 2. The zero-order valence-electron chi connectivity index (χ0n) is 45.7. The predicted octanol–water partition coefficient (Wildman–Crippen LogP) is 15.4. The molecule has 386 valence electrons. The minimum atomic E-state index is -0.436. The van der Waals surface area contributed by atoms with E-state index >= 15 is 0 Å². The number of hydrogen-bond acceptors (Lipinski definition) is 8. The number of fused-ring (bicyclic) bond motifs is 1. The Hall–Kier alpha value is -6.83. The van der Waals surface area contributed by atoms with Gasteiger partial charge in [-0.3, -0.25) is 20.0 Å². The van der Waals surface area contributed by atoms with E-state index in [1.165, 1.54) is 78.9 Å². The summed E-state index contributed by atoms with van der Waals surface area (Å²) in [6.45, 7) is 33.4. The van der Waals surface area contributed by atoms with Crippen LogP contribution in [0.2, 0.25) is 0 Å². The van der Waals surface area contributed by atoms with Gasteiger partial charge < -0.3 is 10.2 Å². The van der Waals surface area contributed by atoms with Gasteiger partial charge in [0.25, 0.3) is 0 Å². The molecule has 74 heavy (non-hydrogen) atoms. The van der Waals surface area contributed by atoms with Crippen molar-refractivity contribution in [1.29, 1.82) is 0 Å². The summed E-state index contributed by atoms with van der Waals surface area (Å²) >= 11 is 0. The minimum absolute atomic E-state index is 0. The molecule has 2 radical (unpaired) electrons. The number of hydrogen-bond donors (Lipinski definition) is 0. The third-order valence-corrected chi connectivity index (χ3v) is 12.5. The van der Waals surface area contributed by atoms with Crippen LogP contribution in [0.5, 0.6) is 11.5 Å². The smallest absolute Gasteiger partial charge is 0.0849 e. The molecule has 10 heteroatoms. The van der Waals surface area contributed by atoms with Crippen LogP contribution in [0.15, 0.2) is 141 Å². The molecule has 0 bridgehead atoms. The number of rotatable bonds is 8. The molecule has 0 aliphatic carbocycles. The van der Waals surface area contributed by atoms with Crippen LogP contribution < -0.4 is 10.2 Å². The van der Waals surface area contributed by atoms with Gasteiger partial charge in [-0.15, -0.1) is 11.5 Å². The summed E-state index contributed by atoms with van der Waals surface area (Å²) in [4.78, 5) is 29.3. The average molecular weight is 1070 g/mol. The van der Waals surface area contributed by atoms with Crippen molar-refractivity contribution in [2.45, 2.75) is 111 Å². The third-order valence-electron chi connectivity index (χ3n) is 12.5. The van der Waals surface area contributed by atoms with Crippen molar-refractivity contribution in [3.8, 4) is 11.5 Å². The SMILES string of the molecule is CC(=Nc1c(C)cc(C)cc1C)c1cccc(C(C)=Nc2c(C)cc(C)cc2C)n1.CC(=Nc1c(C)cc(C)cc1C)c1cccc(C(C)=Nc2c(C)cc(C)cc2C)n1.[Co].[Co].[O-]c1cc2ccccc2cc1[O-]. The Balaban J connectivity index is 0.000000256. The number of aromatic nitrogens is 2. The first-order valence-corrected chi connectivity index (χ1v) is 24.4. The van der Waals surface area contributed by atoms with Crippen LogP contribution in [-0.4, -0.2) is 32.8 Å². The van der Waals surface area contributed by atoms with Crippen LogP contribution in [0, 0.1) is 83.1 Å². The summed E-state index contributed by atoms with van der Waals surface area (Å²) < 4.78 is 0. The number of nitrogens with zero attached hydrogens (tertiary/aromatic N) is 6. The number of aliphatic imine (C=N–C) groups is 4. The van der Waals surface area contributed by atoms with Crippen molar-refractivity contribution in [3.05, 3.63) is 211 Å².